The highest BCUT2D eigenvalue weighted by Gasteiger charge is 2.20. The third kappa shape index (κ3) is 5.58. The molecule has 1 fully saturated rings. The Kier molecular flexibility index (Phi) is 6.59. The molecule has 1 aliphatic heterocycles. The molecule has 1 unspecified atom stereocenters. The van der Waals surface area contributed by atoms with Crippen LogP contribution in [-0.4, -0.2) is 39.8 Å². The number of carbonyl (C=O) groups excluding carboxylic acids is 1. The Morgan fingerprint density at radius 2 is 1.90 bits per heavy atom. The minimum atomic E-state index is -3.46. The summed E-state index contributed by atoms with van der Waals surface area (Å²) in [5.41, 5.74) is 3.92. The van der Waals surface area contributed by atoms with Gasteiger partial charge >= 0.3 is 0 Å². The molecular formula is C22H28N2O4S. The first-order valence-corrected chi connectivity index (χ1v) is 11.6. The third-order valence-corrected chi connectivity index (χ3v) is 6.22. The van der Waals surface area contributed by atoms with E-state index in [4.69, 9.17) is 4.74 Å². The molecule has 1 amide bonds. The lowest BCUT2D eigenvalue weighted by atomic mass is 10.1. The van der Waals surface area contributed by atoms with E-state index in [1.54, 1.807) is 24.3 Å². The van der Waals surface area contributed by atoms with Gasteiger partial charge in [-0.2, -0.15) is 0 Å². The van der Waals surface area contributed by atoms with Gasteiger partial charge in [0.05, 0.1) is 24.6 Å². The second-order valence-electron chi connectivity index (χ2n) is 7.60. The van der Waals surface area contributed by atoms with Crippen molar-refractivity contribution in [3.63, 3.8) is 0 Å². The third-order valence-electron chi connectivity index (χ3n) is 5.09. The van der Waals surface area contributed by atoms with Crippen LogP contribution >= 0.6 is 0 Å². The number of amides is 1. The number of nitrogens with one attached hydrogen (secondary N) is 1. The Morgan fingerprint density at radius 1 is 1.17 bits per heavy atom. The van der Waals surface area contributed by atoms with E-state index in [1.165, 1.54) is 10.6 Å². The van der Waals surface area contributed by atoms with Gasteiger partial charge in [0, 0.05) is 18.7 Å². The molecule has 0 bridgehead atoms. The van der Waals surface area contributed by atoms with Crippen LogP contribution in [-0.2, 0) is 21.3 Å². The molecule has 0 saturated carbocycles. The zero-order valence-electron chi connectivity index (χ0n) is 17.1. The van der Waals surface area contributed by atoms with Crippen molar-refractivity contribution < 1.29 is 17.9 Å². The first kappa shape index (κ1) is 21.3. The maximum atomic E-state index is 12.4. The van der Waals surface area contributed by atoms with Crippen molar-refractivity contribution in [2.24, 2.45) is 0 Å². The fraction of sp³-hybridized carbons (Fsp3) is 0.409. The van der Waals surface area contributed by atoms with Crippen LogP contribution in [0, 0.1) is 13.8 Å². The van der Waals surface area contributed by atoms with Gasteiger partial charge in [0.1, 0.15) is 0 Å². The molecule has 1 N–H and O–H groups in total. The van der Waals surface area contributed by atoms with Crippen LogP contribution < -0.4 is 9.62 Å². The minimum absolute atomic E-state index is 0.0964. The lowest BCUT2D eigenvalue weighted by Crippen LogP contribution is -2.32. The van der Waals surface area contributed by atoms with Crippen LogP contribution in [0.1, 0.15) is 39.9 Å². The molecule has 1 heterocycles. The van der Waals surface area contributed by atoms with Crippen molar-refractivity contribution in [2.75, 3.05) is 23.7 Å². The highest BCUT2D eigenvalue weighted by molar-refractivity contribution is 7.92. The molecule has 3 rings (SSSR count). The number of hydrogen-bond acceptors (Lipinski definition) is 4. The summed E-state index contributed by atoms with van der Waals surface area (Å²) < 4.78 is 31.8. The van der Waals surface area contributed by atoms with Gasteiger partial charge in [-0.1, -0.05) is 24.3 Å². The Balaban J connectivity index is 1.72. The largest absolute Gasteiger partial charge is 0.376 e. The van der Waals surface area contributed by atoms with E-state index >= 15 is 0 Å². The zero-order chi connectivity index (χ0) is 21.0. The number of nitrogens with zero attached hydrogens (tertiary/aromatic N) is 1. The monoisotopic (exact) mass is 416 g/mol. The first-order valence-electron chi connectivity index (χ1n) is 9.78. The molecule has 156 valence electrons. The van der Waals surface area contributed by atoms with E-state index < -0.39 is 10.0 Å². The van der Waals surface area contributed by atoms with E-state index in [0.29, 0.717) is 17.8 Å². The average molecular weight is 417 g/mol. The van der Waals surface area contributed by atoms with Crippen molar-refractivity contribution in [2.45, 2.75) is 39.3 Å². The van der Waals surface area contributed by atoms with E-state index in [9.17, 15) is 13.2 Å². The number of benzene rings is 2. The molecular weight excluding hydrogens is 388 g/mol. The number of anilines is 1. The van der Waals surface area contributed by atoms with Gasteiger partial charge in [-0.25, -0.2) is 8.42 Å². The second kappa shape index (κ2) is 8.97. The number of aryl methyl sites for hydroxylation is 2. The molecule has 6 nitrogen and oxygen atoms in total. The molecule has 2 aromatic rings. The van der Waals surface area contributed by atoms with Crippen molar-refractivity contribution in [1.29, 1.82) is 0 Å². The van der Waals surface area contributed by atoms with Crippen LogP contribution in [0.25, 0.3) is 0 Å². The fourth-order valence-electron chi connectivity index (χ4n) is 3.41. The molecule has 0 aromatic heterocycles. The summed E-state index contributed by atoms with van der Waals surface area (Å²) in [5.74, 6) is -0.151. The van der Waals surface area contributed by atoms with Crippen LogP contribution in [0.15, 0.2) is 42.5 Å². The molecule has 7 heteroatoms. The number of sulfonamides is 1. The number of hydrogen-bond donors (Lipinski definition) is 1. The standard InChI is InChI=1S/C22H28N2O4S/c1-16-6-7-17(2)21(13-16)24(29(3,26)27)15-18-8-10-19(11-9-18)22(25)23-14-20-5-4-12-28-20/h6-11,13,20H,4-5,12,14-15H2,1-3H3,(H,23,25). The van der Waals surface area contributed by atoms with E-state index in [2.05, 4.69) is 5.32 Å². The quantitative estimate of drug-likeness (QED) is 0.752. The van der Waals surface area contributed by atoms with Crippen molar-refractivity contribution >= 4 is 21.6 Å². The lowest BCUT2D eigenvalue weighted by molar-refractivity contribution is 0.0858. The lowest BCUT2D eigenvalue weighted by Gasteiger charge is -2.25. The summed E-state index contributed by atoms with van der Waals surface area (Å²) in [6.45, 7) is 5.31. The molecule has 1 saturated heterocycles. The molecule has 1 aliphatic rings. The molecule has 1 atom stereocenters. The van der Waals surface area contributed by atoms with Gasteiger partial charge in [0.2, 0.25) is 10.0 Å². The van der Waals surface area contributed by atoms with Gasteiger partial charge in [0.15, 0.2) is 0 Å². The smallest absolute Gasteiger partial charge is 0.251 e. The fourth-order valence-corrected chi connectivity index (χ4v) is 4.35. The van der Waals surface area contributed by atoms with Gasteiger partial charge in [-0.3, -0.25) is 9.10 Å². The van der Waals surface area contributed by atoms with E-state index in [0.717, 1.165) is 36.1 Å². The predicted octanol–water partition coefficient (Wildman–Crippen LogP) is 3.18. The highest BCUT2D eigenvalue weighted by atomic mass is 32.2. The Hall–Kier alpha value is -2.38. The topological polar surface area (TPSA) is 75.7 Å². The summed E-state index contributed by atoms with van der Waals surface area (Å²) in [6, 6.07) is 12.8. The molecule has 0 radical (unpaired) electrons. The first-order chi connectivity index (χ1) is 13.7. The summed E-state index contributed by atoms with van der Waals surface area (Å²) >= 11 is 0. The second-order valence-corrected chi connectivity index (χ2v) is 9.51. The average Bonchev–Trinajstić information content (AvgIpc) is 3.19. The van der Waals surface area contributed by atoms with Gasteiger partial charge in [-0.15, -0.1) is 0 Å². The van der Waals surface area contributed by atoms with Crippen LogP contribution in [0.5, 0.6) is 0 Å². The SMILES string of the molecule is Cc1ccc(C)c(N(Cc2ccc(C(=O)NCC3CCCO3)cc2)S(C)(=O)=O)c1. The zero-order valence-corrected chi connectivity index (χ0v) is 18.0. The van der Waals surface area contributed by atoms with Crippen LogP contribution in [0.4, 0.5) is 5.69 Å². The maximum Gasteiger partial charge on any atom is 0.251 e. The highest BCUT2D eigenvalue weighted by Crippen LogP contribution is 2.26. The Labute approximate surface area is 172 Å². The number of carbonyl (C=O) groups is 1. The summed E-state index contributed by atoms with van der Waals surface area (Å²) in [4.78, 5) is 12.3. The Bertz CT molecular complexity index is 965. The van der Waals surface area contributed by atoms with E-state index in [-0.39, 0.29) is 18.6 Å². The number of rotatable bonds is 7. The molecule has 29 heavy (non-hydrogen) atoms. The van der Waals surface area contributed by atoms with Crippen molar-refractivity contribution in [1.82, 2.24) is 5.32 Å². The van der Waals surface area contributed by atoms with Crippen molar-refractivity contribution in [3.05, 3.63) is 64.7 Å². The summed E-state index contributed by atoms with van der Waals surface area (Å²) in [6.07, 6.45) is 3.31. The Morgan fingerprint density at radius 3 is 2.52 bits per heavy atom. The van der Waals surface area contributed by atoms with Crippen LogP contribution in [0.2, 0.25) is 0 Å². The number of ether oxygens (including phenoxy) is 1. The van der Waals surface area contributed by atoms with Crippen molar-refractivity contribution in [3.8, 4) is 0 Å². The minimum Gasteiger partial charge on any atom is -0.376 e. The van der Waals surface area contributed by atoms with Crippen LogP contribution in [0.3, 0.4) is 0 Å². The molecule has 2 aromatic carbocycles. The molecule has 0 aliphatic carbocycles. The summed E-state index contributed by atoms with van der Waals surface area (Å²) in [7, 11) is -3.46. The maximum absolute atomic E-state index is 12.4. The predicted molar refractivity (Wildman–Crippen MR) is 115 cm³/mol. The van der Waals surface area contributed by atoms with Gasteiger partial charge in [0.25, 0.3) is 5.91 Å². The van der Waals surface area contributed by atoms with Gasteiger partial charge in [-0.05, 0) is 61.6 Å². The summed E-state index contributed by atoms with van der Waals surface area (Å²) in [5, 5.41) is 2.89. The van der Waals surface area contributed by atoms with Gasteiger partial charge < -0.3 is 10.1 Å². The normalized spacial score (nSPS) is 16.6. The van der Waals surface area contributed by atoms with E-state index in [1.807, 2.05) is 32.0 Å². The molecule has 0 spiro atoms.